The quantitative estimate of drug-likeness (QED) is 0.549. The second kappa shape index (κ2) is 9.97. The molecule has 0 radical (unpaired) electrons. The molecule has 0 spiro atoms. The first-order chi connectivity index (χ1) is 14.7. The van der Waals surface area contributed by atoms with Crippen LogP contribution in [-0.4, -0.2) is 65.1 Å². The number of hydrogen-bond acceptors (Lipinski definition) is 7. The Kier molecular flexibility index (Phi) is 6.88. The molecule has 1 fully saturated rings. The predicted molar refractivity (Wildman–Crippen MR) is 115 cm³/mol. The summed E-state index contributed by atoms with van der Waals surface area (Å²) in [5, 5.41) is 1.97. The van der Waals surface area contributed by atoms with Crippen molar-refractivity contribution >= 4 is 17.2 Å². The summed E-state index contributed by atoms with van der Waals surface area (Å²) in [7, 11) is 0. The van der Waals surface area contributed by atoms with E-state index in [9.17, 15) is 4.79 Å². The van der Waals surface area contributed by atoms with Gasteiger partial charge in [0.1, 0.15) is 5.76 Å². The van der Waals surface area contributed by atoms with E-state index in [-0.39, 0.29) is 5.91 Å². The highest BCUT2D eigenvalue weighted by Gasteiger charge is 2.24. The molecule has 0 aliphatic carbocycles. The summed E-state index contributed by atoms with van der Waals surface area (Å²) in [5.41, 5.74) is 1.43. The first kappa shape index (κ1) is 20.7. The number of aryl methyl sites for hydroxylation is 1. The number of aromatic nitrogens is 2. The van der Waals surface area contributed by atoms with E-state index in [0.29, 0.717) is 30.4 Å². The molecule has 4 heterocycles. The third kappa shape index (κ3) is 5.13. The van der Waals surface area contributed by atoms with Gasteiger partial charge in [0.2, 0.25) is 5.89 Å². The van der Waals surface area contributed by atoms with E-state index in [2.05, 4.69) is 14.9 Å². The number of rotatable bonds is 8. The number of oxazole rings is 1. The van der Waals surface area contributed by atoms with E-state index in [0.717, 1.165) is 49.7 Å². The molecule has 1 aliphatic heterocycles. The molecule has 8 heteroatoms. The number of ether oxygens (including phenoxy) is 1. The van der Waals surface area contributed by atoms with Crippen LogP contribution in [0.4, 0.5) is 0 Å². The van der Waals surface area contributed by atoms with Crippen molar-refractivity contribution in [3.63, 3.8) is 0 Å². The van der Waals surface area contributed by atoms with E-state index in [1.54, 1.807) is 30.7 Å². The molecule has 3 aromatic rings. The van der Waals surface area contributed by atoms with E-state index < -0.39 is 0 Å². The predicted octanol–water partition coefficient (Wildman–Crippen LogP) is 3.47. The Bertz CT molecular complexity index is 937. The van der Waals surface area contributed by atoms with Crippen LogP contribution >= 0.6 is 11.3 Å². The minimum absolute atomic E-state index is 0.0992. The molecule has 0 aromatic carbocycles. The number of pyridine rings is 1. The Morgan fingerprint density at radius 1 is 1.23 bits per heavy atom. The fourth-order valence-corrected chi connectivity index (χ4v) is 4.17. The molecule has 3 aromatic heterocycles. The van der Waals surface area contributed by atoms with Crippen LogP contribution in [0.15, 0.2) is 46.5 Å². The second-order valence-corrected chi connectivity index (χ2v) is 8.24. The molecule has 1 amide bonds. The highest BCUT2D eigenvalue weighted by molar-refractivity contribution is 7.13. The molecule has 7 nitrogen and oxygen atoms in total. The maximum atomic E-state index is 13.4. The summed E-state index contributed by atoms with van der Waals surface area (Å²) < 4.78 is 11.2. The van der Waals surface area contributed by atoms with Crippen molar-refractivity contribution in [2.24, 2.45) is 0 Å². The molecular weight excluding hydrogens is 400 g/mol. The Hall–Kier alpha value is -2.55. The maximum absolute atomic E-state index is 13.4. The highest BCUT2D eigenvalue weighted by Crippen LogP contribution is 2.26. The van der Waals surface area contributed by atoms with Crippen LogP contribution in [0.5, 0.6) is 0 Å². The molecule has 0 atom stereocenters. The number of hydrogen-bond donors (Lipinski definition) is 0. The van der Waals surface area contributed by atoms with Crippen LogP contribution in [0.3, 0.4) is 0 Å². The fourth-order valence-electron chi connectivity index (χ4n) is 3.52. The van der Waals surface area contributed by atoms with E-state index >= 15 is 0 Å². The van der Waals surface area contributed by atoms with Crippen LogP contribution in [0.25, 0.3) is 10.8 Å². The highest BCUT2D eigenvalue weighted by atomic mass is 32.1. The molecule has 30 heavy (non-hydrogen) atoms. The first-order valence-corrected chi connectivity index (χ1v) is 11.1. The molecule has 4 rings (SSSR count). The van der Waals surface area contributed by atoms with Gasteiger partial charge in [0.05, 0.1) is 18.1 Å². The summed E-state index contributed by atoms with van der Waals surface area (Å²) >= 11 is 1.55. The average molecular weight is 427 g/mol. The zero-order valence-electron chi connectivity index (χ0n) is 17.1. The molecule has 1 saturated heterocycles. The van der Waals surface area contributed by atoms with Crippen molar-refractivity contribution in [2.45, 2.75) is 19.9 Å². The van der Waals surface area contributed by atoms with Crippen LogP contribution in [0.2, 0.25) is 0 Å². The zero-order chi connectivity index (χ0) is 20.8. The second-order valence-electron chi connectivity index (χ2n) is 7.29. The maximum Gasteiger partial charge on any atom is 0.276 e. The van der Waals surface area contributed by atoms with Gasteiger partial charge in [-0.3, -0.25) is 14.7 Å². The topological polar surface area (TPSA) is 71.7 Å². The van der Waals surface area contributed by atoms with Crippen LogP contribution < -0.4 is 0 Å². The third-order valence-corrected chi connectivity index (χ3v) is 6.01. The smallest absolute Gasteiger partial charge is 0.276 e. The van der Waals surface area contributed by atoms with Gasteiger partial charge in [-0.1, -0.05) is 6.07 Å². The Morgan fingerprint density at radius 3 is 2.77 bits per heavy atom. The molecule has 0 N–H and O–H groups in total. The molecule has 0 saturated carbocycles. The number of amides is 1. The Balaban J connectivity index is 1.48. The Labute approximate surface area is 180 Å². The minimum atomic E-state index is -0.0992. The van der Waals surface area contributed by atoms with Gasteiger partial charge < -0.3 is 14.1 Å². The van der Waals surface area contributed by atoms with Gasteiger partial charge in [-0.05, 0) is 42.5 Å². The van der Waals surface area contributed by atoms with Crippen molar-refractivity contribution in [2.75, 3.05) is 39.4 Å². The van der Waals surface area contributed by atoms with E-state index in [1.807, 2.05) is 34.5 Å². The summed E-state index contributed by atoms with van der Waals surface area (Å²) in [6.45, 7) is 7.38. The zero-order valence-corrected chi connectivity index (χ0v) is 17.9. The largest absolute Gasteiger partial charge is 0.440 e. The van der Waals surface area contributed by atoms with E-state index in [1.165, 1.54) is 0 Å². The van der Waals surface area contributed by atoms with Gasteiger partial charge >= 0.3 is 0 Å². The molecule has 0 bridgehead atoms. The summed E-state index contributed by atoms with van der Waals surface area (Å²) in [5.74, 6) is 0.956. The minimum Gasteiger partial charge on any atom is -0.440 e. The van der Waals surface area contributed by atoms with Gasteiger partial charge in [-0.25, -0.2) is 4.98 Å². The summed E-state index contributed by atoms with van der Waals surface area (Å²) in [4.78, 5) is 27.2. The molecular formula is C22H26N4O3S. The van der Waals surface area contributed by atoms with Crippen molar-refractivity contribution in [1.29, 1.82) is 0 Å². The average Bonchev–Trinajstić information content (AvgIpc) is 3.44. The SMILES string of the molecule is Cc1oc(-c2cccs2)nc1C(=O)N(CCCN1CCOCC1)Cc1ccncc1. The lowest BCUT2D eigenvalue weighted by atomic mass is 10.2. The van der Waals surface area contributed by atoms with Crippen LogP contribution in [-0.2, 0) is 11.3 Å². The van der Waals surface area contributed by atoms with Gasteiger partial charge in [-0.15, -0.1) is 11.3 Å². The number of carbonyl (C=O) groups is 1. The van der Waals surface area contributed by atoms with Gasteiger partial charge in [0, 0.05) is 45.1 Å². The monoisotopic (exact) mass is 426 g/mol. The molecule has 158 valence electrons. The van der Waals surface area contributed by atoms with Crippen molar-refractivity contribution < 1.29 is 13.9 Å². The summed E-state index contributed by atoms with van der Waals surface area (Å²) in [6, 6.07) is 7.77. The van der Waals surface area contributed by atoms with Gasteiger partial charge in [-0.2, -0.15) is 0 Å². The number of nitrogens with zero attached hydrogens (tertiary/aromatic N) is 4. The molecule has 1 aliphatic rings. The van der Waals surface area contributed by atoms with Crippen molar-refractivity contribution in [3.8, 4) is 10.8 Å². The Morgan fingerprint density at radius 2 is 2.03 bits per heavy atom. The third-order valence-electron chi connectivity index (χ3n) is 5.15. The van der Waals surface area contributed by atoms with Gasteiger partial charge in [0.15, 0.2) is 5.69 Å². The molecule has 0 unspecified atom stereocenters. The number of carbonyl (C=O) groups excluding carboxylic acids is 1. The van der Waals surface area contributed by atoms with Crippen molar-refractivity contribution in [3.05, 3.63) is 59.1 Å². The number of thiophene rings is 1. The summed E-state index contributed by atoms with van der Waals surface area (Å²) in [6.07, 6.45) is 4.40. The van der Waals surface area contributed by atoms with Crippen LogP contribution in [0.1, 0.15) is 28.2 Å². The standard InChI is InChI=1S/C22H26N4O3S/c1-17-20(24-21(29-17)19-4-2-15-30-19)22(27)26(16-18-5-7-23-8-6-18)10-3-9-25-11-13-28-14-12-25/h2,4-8,15H,3,9-14,16H2,1H3. The first-order valence-electron chi connectivity index (χ1n) is 10.2. The van der Waals surface area contributed by atoms with E-state index in [4.69, 9.17) is 9.15 Å². The lowest BCUT2D eigenvalue weighted by molar-refractivity contribution is 0.0355. The van der Waals surface area contributed by atoms with Gasteiger partial charge in [0.25, 0.3) is 5.91 Å². The van der Waals surface area contributed by atoms with Crippen LogP contribution in [0, 0.1) is 6.92 Å². The normalized spacial score (nSPS) is 14.7. The van der Waals surface area contributed by atoms with Crippen molar-refractivity contribution in [1.82, 2.24) is 19.8 Å². The number of morpholine rings is 1. The lowest BCUT2D eigenvalue weighted by Crippen LogP contribution is -2.39. The fraction of sp³-hybridized carbons (Fsp3) is 0.409. The lowest BCUT2D eigenvalue weighted by Gasteiger charge is -2.28.